The number of rotatable bonds is 7. The molecular formula is C18H23N. The van der Waals surface area contributed by atoms with E-state index in [4.69, 9.17) is 0 Å². The maximum absolute atomic E-state index is 3.66. The Morgan fingerprint density at radius 2 is 1.53 bits per heavy atom. The molecule has 0 amide bonds. The highest BCUT2D eigenvalue weighted by Crippen LogP contribution is 2.19. The van der Waals surface area contributed by atoms with Crippen LogP contribution in [0.2, 0.25) is 0 Å². The third-order valence-corrected chi connectivity index (χ3v) is 3.41. The van der Waals surface area contributed by atoms with Crippen molar-refractivity contribution in [3.05, 3.63) is 71.8 Å². The molecule has 1 atom stereocenters. The maximum Gasteiger partial charge on any atom is 0.0323 e. The smallest absolute Gasteiger partial charge is 0.0323 e. The van der Waals surface area contributed by atoms with Gasteiger partial charge in [0.25, 0.3) is 0 Å². The van der Waals surface area contributed by atoms with Crippen LogP contribution in [0.1, 0.15) is 36.9 Å². The first kappa shape index (κ1) is 13.8. The van der Waals surface area contributed by atoms with Crippen LogP contribution < -0.4 is 5.32 Å². The fourth-order valence-electron chi connectivity index (χ4n) is 2.35. The molecule has 0 saturated carbocycles. The third kappa shape index (κ3) is 4.53. The van der Waals surface area contributed by atoms with E-state index in [9.17, 15) is 0 Å². The first-order valence-corrected chi connectivity index (χ1v) is 7.22. The minimum atomic E-state index is 0.460. The molecule has 1 nitrogen and oxygen atoms in total. The minimum Gasteiger partial charge on any atom is -0.310 e. The summed E-state index contributed by atoms with van der Waals surface area (Å²) in [4.78, 5) is 0. The van der Waals surface area contributed by atoms with Crippen LogP contribution in [0, 0.1) is 0 Å². The van der Waals surface area contributed by atoms with E-state index in [0.29, 0.717) is 6.04 Å². The lowest BCUT2D eigenvalue weighted by atomic mass is 9.99. The van der Waals surface area contributed by atoms with Crippen LogP contribution in [0.15, 0.2) is 60.7 Å². The summed E-state index contributed by atoms with van der Waals surface area (Å²) < 4.78 is 0. The van der Waals surface area contributed by atoms with E-state index in [1.54, 1.807) is 0 Å². The Hall–Kier alpha value is -1.60. The molecule has 0 fully saturated rings. The number of aryl methyl sites for hydroxylation is 1. The van der Waals surface area contributed by atoms with Crippen LogP contribution in [0.5, 0.6) is 0 Å². The van der Waals surface area contributed by atoms with E-state index in [1.165, 1.54) is 17.5 Å². The molecule has 0 aliphatic carbocycles. The van der Waals surface area contributed by atoms with Gasteiger partial charge in [-0.15, -0.1) is 0 Å². The predicted molar refractivity (Wildman–Crippen MR) is 82.2 cm³/mol. The molecule has 1 heteroatoms. The second kappa shape index (κ2) is 7.75. The largest absolute Gasteiger partial charge is 0.310 e. The second-order valence-corrected chi connectivity index (χ2v) is 4.94. The topological polar surface area (TPSA) is 12.0 Å². The summed E-state index contributed by atoms with van der Waals surface area (Å²) in [5.74, 6) is 0. The van der Waals surface area contributed by atoms with Crippen molar-refractivity contribution in [3.8, 4) is 0 Å². The van der Waals surface area contributed by atoms with Gasteiger partial charge in [-0.25, -0.2) is 0 Å². The highest BCUT2D eigenvalue weighted by Gasteiger charge is 2.09. The molecule has 2 aromatic rings. The first-order valence-electron chi connectivity index (χ1n) is 7.22. The molecule has 2 rings (SSSR count). The van der Waals surface area contributed by atoms with Gasteiger partial charge >= 0.3 is 0 Å². The van der Waals surface area contributed by atoms with Crippen LogP contribution in [-0.2, 0) is 6.42 Å². The Bertz CT molecular complexity index is 450. The van der Waals surface area contributed by atoms with Crippen molar-refractivity contribution in [2.45, 2.75) is 32.2 Å². The van der Waals surface area contributed by atoms with Gasteiger partial charge in [0.2, 0.25) is 0 Å². The van der Waals surface area contributed by atoms with Crippen LogP contribution in [0.3, 0.4) is 0 Å². The van der Waals surface area contributed by atoms with Crippen molar-refractivity contribution in [1.82, 2.24) is 5.32 Å². The Morgan fingerprint density at radius 3 is 2.16 bits per heavy atom. The standard InChI is InChI=1S/C18H23N/c1-2-15-19-18(17-11-7-4-8-12-17)14-13-16-9-5-3-6-10-16/h3-12,18-19H,2,13-15H2,1H3. The fourth-order valence-corrected chi connectivity index (χ4v) is 2.35. The van der Waals surface area contributed by atoms with Crippen molar-refractivity contribution >= 4 is 0 Å². The molecule has 2 aromatic carbocycles. The molecule has 0 bridgehead atoms. The molecular weight excluding hydrogens is 230 g/mol. The highest BCUT2D eigenvalue weighted by atomic mass is 14.9. The van der Waals surface area contributed by atoms with E-state index in [0.717, 1.165) is 19.4 Å². The van der Waals surface area contributed by atoms with E-state index >= 15 is 0 Å². The summed E-state index contributed by atoms with van der Waals surface area (Å²) in [6, 6.07) is 22.0. The van der Waals surface area contributed by atoms with Crippen LogP contribution >= 0.6 is 0 Å². The summed E-state index contributed by atoms with van der Waals surface area (Å²) in [5, 5.41) is 3.66. The Labute approximate surface area is 116 Å². The van der Waals surface area contributed by atoms with E-state index in [-0.39, 0.29) is 0 Å². The minimum absolute atomic E-state index is 0.460. The normalized spacial score (nSPS) is 12.3. The molecule has 0 saturated heterocycles. The first-order chi connectivity index (χ1) is 9.40. The predicted octanol–water partition coefficient (Wildman–Crippen LogP) is 4.36. The van der Waals surface area contributed by atoms with Gasteiger partial charge in [-0.1, -0.05) is 67.6 Å². The summed E-state index contributed by atoms with van der Waals surface area (Å²) in [7, 11) is 0. The highest BCUT2D eigenvalue weighted by molar-refractivity contribution is 5.20. The molecule has 0 aliphatic heterocycles. The summed E-state index contributed by atoms with van der Waals surface area (Å²) in [6.07, 6.45) is 3.44. The van der Waals surface area contributed by atoms with E-state index in [1.807, 2.05) is 0 Å². The van der Waals surface area contributed by atoms with Crippen molar-refractivity contribution in [2.24, 2.45) is 0 Å². The molecule has 19 heavy (non-hydrogen) atoms. The van der Waals surface area contributed by atoms with Crippen LogP contribution in [0.25, 0.3) is 0 Å². The van der Waals surface area contributed by atoms with Crippen molar-refractivity contribution < 1.29 is 0 Å². The maximum atomic E-state index is 3.66. The van der Waals surface area contributed by atoms with Gasteiger partial charge in [0.1, 0.15) is 0 Å². The van der Waals surface area contributed by atoms with Crippen molar-refractivity contribution in [1.29, 1.82) is 0 Å². The van der Waals surface area contributed by atoms with Gasteiger partial charge in [0.15, 0.2) is 0 Å². The number of hydrogen-bond acceptors (Lipinski definition) is 1. The summed E-state index contributed by atoms with van der Waals surface area (Å²) in [6.45, 7) is 3.29. The van der Waals surface area contributed by atoms with Crippen molar-refractivity contribution in [3.63, 3.8) is 0 Å². The SMILES string of the molecule is CCCNC(CCc1ccccc1)c1ccccc1. The molecule has 0 spiro atoms. The Kier molecular flexibility index (Phi) is 5.64. The van der Waals surface area contributed by atoms with Crippen LogP contribution in [0.4, 0.5) is 0 Å². The van der Waals surface area contributed by atoms with Crippen LogP contribution in [-0.4, -0.2) is 6.54 Å². The van der Waals surface area contributed by atoms with Gasteiger partial charge in [0.05, 0.1) is 0 Å². The molecule has 0 radical (unpaired) electrons. The van der Waals surface area contributed by atoms with E-state index in [2.05, 4.69) is 72.9 Å². The molecule has 100 valence electrons. The van der Waals surface area contributed by atoms with Gasteiger partial charge in [0, 0.05) is 6.04 Å². The lowest BCUT2D eigenvalue weighted by Gasteiger charge is -2.19. The average Bonchev–Trinajstić information content (AvgIpc) is 2.49. The van der Waals surface area contributed by atoms with Gasteiger partial charge in [-0.3, -0.25) is 0 Å². The van der Waals surface area contributed by atoms with E-state index < -0.39 is 0 Å². The summed E-state index contributed by atoms with van der Waals surface area (Å²) >= 11 is 0. The molecule has 0 heterocycles. The fraction of sp³-hybridized carbons (Fsp3) is 0.333. The zero-order chi connectivity index (χ0) is 13.3. The zero-order valence-corrected chi connectivity index (χ0v) is 11.7. The average molecular weight is 253 g/mol. The number of nitrogens with one attached hydrogen (secondary N) is 1. The van der Waals surface area contributed by atoms with Gasteiger partial charge in [-0.2, -0.15) is 0 Å². The summed E-state index contributed by atoms with van der Waals surface area (Å²) in [5.41, 5.74) is 2.81. The molecule has 0 aromatic heterocycles. The molecule has 1 N–H and O–H groups in total. The van der Waals surface area contributed by atoms with Gasteiger partial charge in [-0.05, 0) is 36.9 Å². The molecule has 0 aliphatic rings. The number of hydrogen-bond donors (Lipinski definition) is 1. The number of benzene rings is 2. The lowest BCUT2D eigenvalue weighted by molar-refractivity contribution is 0.499. The van der Waals surface area contributed by atoms with Crippen molar-refractivity contribution in [2.75, 3.05) is 6.54 Å². The second-order valence-electron chi connectivity index (χ2n) is 4.94. The monoisotopic (exact) mass is 253 g/mol. The zero-order valence-electron chi connectivity index (χ0n) is 11.7. The quantitative estimate of drug-likeness (QED) is 0.773. The Balaban J connectivity index is 1.98. The van der Waals surface area contributed by atoms with Gasteiger partial charge < -0.3 is 5.32 Å². The lowest BCUT2D eigenvalue weighted by Crippen LogP contribution is -2.22. The Morgan fingerprint density at radius 1 is 0.895 bits per heavy atom. The molecule has 1 unspecified atom stereocenters. The third-order valence-electron chi connectivity index (χ3n) is 3.41.